The van der Waals surface area contributed by atoms with Gasteiger partial charge in [-0.1, -0.05) is 23.7 Å². The van der Waals surface area contributed by atoms with Crippen molar-refractivity contribution >= 4 is 38.1 Å². The summed E-state index contributed by atoms with van der Waals surface area (Å²) in [6.07, 6.45) is 0.686. The predicted molar refractivity (Wildman–Crippen MR) is 114 cm³/mol. The molecule has 0 saturated carbocycles. The van der Waals surface area contributed by atoms with Gasteiger partial charge in [0, 0.05) is 49.1 Å². The summed E-state index contributed by atoms with van der Waals surface area (Å²) in [5, 5.41) is 3.50. The van der Waals surface area contributed by atoms with Crippen molar-refractivity contribution in [2.75, 3.05) is 31.1 Å². The third kappa shape index (κ3) is 4.49. The van der Waals surface area contributed by atoms with Crippen LogP contribution < -0.4 is 4.90 Å². The zero-order valence-corrected chi connectivity index (χ0v) is 18.2. The van der Waals surface area contributed by atoms with Crippen molar-refractivity contribution in [3.63, 3.8) is 0 Å². The number of piperazine rings is 1. The highest BCUT2D eigenvalue weighted by Crippen LogP contribution is 2.26. The number of halogens is 3. The molecule has 1 aromatic heterocycles. The minimum atomic E-state index is -4.02. The summed E-state index contributed by atoms with van der Waals surface area (Å²) < 4.78 is 53.7. The highest BCUT2D eigenvalue weighted by Gasteiger charge is 2.31. The van der Waals surface area contributed by atoms with Gasteiger partial charge in [-0.05, 0) is 29.8 Å². The third-order valence-corrected chi connectivity index (χ3v) is 7.99. The van der Waals surface area contributed by atoms with Gasteiger partial charge in [0.05, 0.1) is 5.69 Å². The fourth-order valence-electron chi connectivity index (χ4n) is 3.28. The SMILES string of the molecule is O=S(=O)(c1ccc(F)cc1F)N1CCN(c2nc(Cc3ccc(Cl)cc3)cs2)CC1. The zero-order valence-electron chi connectivity index (χ0n) is 15.8. The number of anilines is 1. The van der Waals surface area contributed by atoms with Crippen molar-refractivity contribution in [2.24, 2.45) is 0 Å². The van der Waals surface area contributed by atoms with E-state index in [9.17, 15) is 17.2 Å². The molecule has 1 saturated heterocycles. The second-order valence-electron chi connectivity index (χ2n) is 6.89. The lowest BCUT2D eigenvalue weighted by Crippen LogP contribution is -2.48. The van der Waals surface area contributed by atoms with Crippen LogP contribution in [-0.4, -0.2) is 43.9 Å². The van der Waals surface area contributed by atoms with Gasteiger partial charge in [0.1, 0.15) is 16.5 Å². The molecule has 2 heterocycles. The van der Waals surface area contributed by atoms with Crippen LogP contribution in [-0.2, 0) is 16.4 Å². The fourth-order valence-corrected chi connectivity index (χ4v) is 5.75. The minimum Gasteiger partial charge on any atom is -0.345 e. The van der Waals surface area contributed by atoms with Crippen LogP contribution in [0.5, 0.6) is 0 Å². The molecule has 0 N–H and O–H groups in total. The third-order valence-electron chi connectivity index (χ3n) is 4.86. The molecule has 0 unspecified atom stereocenters. The minimum absolute atomic E-state index is 0.200. The average molecular weight is 470 g/mol. The van der Waals surface area contributed by atoms with E-state index in [0.29, 0.717) is 30.6 Å². The quantitative estimate of drug-likeness (QED) is 0.562. The highest BCUT2D eigenvalue weighted by atomic mass is 35.5. The molecule has 2 aromatic carbocycles. The Kier molecular flexibility index (Phi) is 6.06. The first-order valence-corrected chi connectivity index (χ1v) is 11.9. The maximum atomic E-state index is 14.0. The van der Waals surface area contributed by atoms with Crippen molar-refractivity contribution in [3.8, 4) is 0 Å². The summed E-state index contributed by atoms with van der Waals surface area (Å²) in [5.74, 6) is -1.89. The molecule has 1 fully saturated rings. The molecule has 1 aliphatic rings. The van der Waals surface area contributed by atoms with E-state index in [0.717, 1.165) is 28.5 Å². The average Bonchev–Trinajstić information content (AvgIpc) is 3.18. The van der Waals surface area contributed by atoms with Crippen molar-refractivity contribution in [1.82, 2.24) is 9.29 Å². The number of hydrogen-bond acceptors (Lipinski definition) is 5. The van der Waals surface area contributed by atoms with Gasteiger partial charge in [-0.3, -0.25) is 0 Å². The van der Waals surface area contributed by atoms with Crippen LogP contribution in [0.4, 0.5) is 13.9 Å². The van der Waals surface area contributed by atoms with Gasteiger partial charge < -0.3 is 4.90 Å². The first kappa shape index (κ1) is 21.2. The number of nitrogens with zero attached hydrogens (tertiary/aromatic N) is 3. The molecule has 0 spiro atoms. The van der Waals surface area contributed by atoms with Gasteiger partial charge in [-0.25, -0.2) is 22.2 Å². The Hall–Kier alpha value is -2.07. The van der Waals surface area contributed by atoms with E-state index in [1.54, 1.807) is 0 Å². The van der Waals surface area contributed by atoms with E-state index in [-0.39, 0.29) is 13.1 Å². The monoisotopic (exact) mass is 469 g/mol. The van der Waals surface area contributed by atoms with Crippen molar-refractivity contribution < 1.29 is 17.2 Å². The van der Waals surface area contributed by atoms with E-state index >= 15 is 0 Å². The normalized spacial score (nSPS) is 15.5. The van der Waals surface area contributed by atoms with Gasteiger partial charge in [0.15, 0.2) is 5.13 Å². The lowest BCUT2D eigenvalue weighted by Gasteiger charge is -2.33. The summed E-state index contributed by atoms with van der Waals surface area (Å²) in [6.45, 7) is 1.28. The summed E-state index contributed by atoms with van der Waals surface area (Å²) >= 11 is 7.42. The molecule has 3 aromatic rings. The molecule has 1 aliphatic heterocycles. The van der Waals surface area contributed by atoms with Crippen molar-refractivity contribution in [3.05, 3.63) is 75.8 Å². The number of benzene rings is 2. The van der Waals surface area contributed by atoms with E-state index in [1.165, 1.54) is 15.6 Å². The summed E-state index contributed by atoms with van der Waals surface area (Å²) in [4.78, 5) is 6.18. The fraction of sp³-hybridized carbons (Fsp3) is 0.250. The summed E-state index contributed by atoms with van der Waals surface area (Å²) in [7, 11) is -4.02. The molecule has 5 nitrogen and oxygen atoms in total. The molecule has 158 valence electrons. The Labute approximate surface area is 182 Å². The van der Waals surface area contributed by atoms with E-state index in [4.69, 9.17) is 11.6 Å². The number of rotatable bonds is 5. The summed E-state index contributed by atoms with van der Waals surface area (Å²) in [6, 6.07) is 10.1. The number of aromatic nitrogens is 1. The van der Waals surface area contributed by atoms with E-state index < -0.39 is 26.6 Å². The van der Waals surface area contributed by atoms with Crippen molar-refractivity contribution in [2.45, 2.75) is 11.3 Å². The van der Waals surface area contributed by atoms with Crippen LogP contribution in [0.15, 0.2) is 52.7 Å². The van der Waals surface area contributed by atoms with Gasteiger partial charge in [-0.2, -0.15) is 4.31 Å². The topological polar surface area (TPSA) is 53.5 Å². The molecule has 0 radical (unpaired) electrons. The smallest absolute Gasteiger partial charge is 0.246 e. The zero-order chi connectivity index (χ0) is 21.3. The largest absolute Gasteiger partial charge is 0.345 e. The van der Waals surface area contributed by atoms with Crippen LogP contribution in [0.3, 0.4) is 0 Å². The molecule has 30 heavy (non-hydrogen) atoms. The Bertz CT molecular complexity index is 1150. The van der Waals surface area contributed by atoms with E-state index in [1.807, 2.05) is 34.5 Å². The van der Waals surface area contributed by atoms with Gasteiger partial charge in [0.25, 0.3) is 0 Å². The molecule has 0 atom stereocenters. The van der Waals surface area contributed by atoms with Crippen LogP contribution in [0.2, 0.25) is 5.02 Å². The molecule has 0 amide bonds. The van der Waals surface area contributed by atoms with Gasteiger partial charge in [-0.15, -0.1) is 11.3 Å². The number of hydrogen-bond donors (Lipinski definition) is 0. The second-order valence-corrected chi connectivity index (χ2v) is 10.1. The molecular formula is C20H18ClF2N3O2S2. The second kappa shape index (κ2) is 8.58. The molecule has 0 aliphatic carbocycles. The maximum Gasteiger partial charge on any atom is 0.246 e. The molecule has 4 rings (SSSR count). The number of sulfonamides is 1. The lowest BCUT2D eigenvalue weighted by molar-refractivity contribution is 0.382. The molecule has 0 bridgehead atoms. The highest BCUT2D eigenvalue weighted by molar-refractivity contribution is 7.89. The Morgan fingerprint density at radius 1 is 1.03 bits per heavy atom. The van der Waals surface area contributed by atoms with Crippen LogP contribution in [0, 0.1) is 11.6 Å². The van der Waals surface area contributed by atoms with Crippen LogP contribution >= 0.6 is 22.9 Å². The van der Waals surface area contributed by atoms with Gasteiger partial charge in [0.2, 0.25) is 10.0 Å². The standard InChI is InChI=1S/C20H18ClF2N3O2S2/c21-15-3-1-14(2-4-15)11-17-13-29-20(24-17)25-7-9-26(10-8-25)30(27,28)19-6-5-16(22)12-18(19)23/h1-6,12-13H,7-11H2. The van der Waals surface area contributed by atoms with E-state index in [2.05, 4.69) is 4.98 Å². The maximum absolute atomic E-state index is 14.0. The Morgan fingerprint density at radius 2 is 1.73 bits per heavy atom. The Morgan fingerprint density at radius 3 is 2.40 bits per heavy atom. The van der Waals surface area contributed by atoms with Crippen molar-refractivity contribution in [1.29, 1.82) is 0 Å². The van der Waals surface area contributed by atoms with Gasteiger partial charge >= 0.3 is 0 Å². The number of thiazole rings is 1. The van der Waals surface area contributed by atoms with Crippen LogP contribution in [0.1, 0.15) is 11.3 Å². The molecular weight excluding hydrogens is 452 g/mol. The predicted octanol–water partition coefficient (Wildman–Crippen LogP) is 4.18. The molecule has 10 heteroatoms. The first-order chi connectivity index (χ1) is 14.3. The first-order valence-electron chi connectivity index (χ1n) is 9.22. The lowest BCUT2D eigenvalue weighted by atomic mass is 10.1. The summed E-state index contributed by atoms with van der Waals surface area (Å²) in [5.41, 5.74) is 2.04. The Balaban J connectivity index is 1.41. The van der Waals surface area contributed by atoms with Crippen LogP contribution in [0.25, 0.3) is 0 Å².